The molecule has 2 N–H and O–H groups in total. The largest absolute Gasteiger partial charge is 0.330 e. The quantitative estimate of drug-likeness (QED) is 0.598. The van der Waals surface area contributed by atoms with Gasteiger partial charge in [0.1, 0.15) is 0 Å². The van der Waals surface area contributed by atoms with Crippen molar-refractivity contribution in [1.29, 1.82) is 0 Å². The van der Waals surface area contributed by atoms with Crippen molar-refractivity contribution in [2.75, 3.05) is 6.54 Å². The van der Waals surface area contributed by atoms with Gasteiger partial charge in [-0.05, 0) is 36.6 Å². The number of hydrogen-bond donors (Lipinski definition) is 1. The molecular weight excluding hydrogens is 134 g/mol. The van der Waals surface area contributed by atoms with Gasteiger partial charge < -0.3 is 5.73 Å². The van der Waals surface area contributed by atoms with Crippen molar-refractivity contribution >= 4 is 0 Å². The summed E-state index contributed by atoms with van der Waals surface area (Å²) in [5.41, 5.74) is 5.75. The van der Waals surface area contributed by atoms with Crippen LogP contribution in [0.15, 0.2) is 12.2 Å². The SMILES string of the molecule is CC[C@@H]1[C@H](CN)[C@H]2C=C[C@@H]1C2. The van der Waals surface area contributed by atoms with E-state index < -0.39 is 0 Å². The highest BCUT2D eigenvalue weighted by Crippen LogP contribution is 2.48. The zero-order valence-corrected chi connectivity index (χ0v) is 7.16. The van der Waals surface area contributed by atoms with E-state index in [2.05, 4.69) is 19.1 Å². The topological polar surface area (TPSA) is 26.0 Å². The highest BCUT2D eigenvalue weighted by molar-refractivity contribution is 5.13. The van der Waals surface area contributed by atoms with Crippen molar-refractivity contribution in [3.8, 4) is 0 Å². The van der Waals surface area contributed by atoms with E-state index in [1.54, 1.807) is 0 Å². The van der Waals surface area contributed by atoms with Crippen molar-refractivity contribution in [2.45, 2.75) is 19.8 Å². The fourth-order valence-corrected chi connectivity index (χ4v) is 2.98. The van der Waals surface area contributed by atoms with Gasteiger partial charge in [0, 0.05) is 0 Å². The third-order valence-electron chi connectivity index (χ3n) is 3.54. The molecular formula is C10H17N. The molecule has 2 bridgehead atoms. The Labute approximate surface area is 68.7 Å². The Morgan fingerprint density at radius 1 is 1.27 bits per heavy atom. The first-order valence-corrected chi connectivity index (χ1v) is 4.75. The summed E-state index contributed by atoms with van der Waals surface area (Å²) < 4.78 is 0. The maximum Gasteiger partial charge on any atom is -0.00404 e. The second-order valence-electron chi connectivity index (χ2n) is 3.92. The van der Waals surface area contributed by atoms with Crippen LogP contribution in [0.4, 0.5) is 0 Å². The molecule has 2 aliphatic rings. The standard InChI is InChI=1S/C10H17N/c1-2-9-7-3-4-8(5-7)10(9)6-11/h3-4,7-10H,2,5-6,11H2,1H3/t7-,8+,9+,10-/m1/s1. The highest BCUT2D eigenvalue weighted by Gasteiger charge is 2.42. The molecule has 0 heterocycles. The van der Waals surface area contributed by atoms with E-state index in [1.807, 2.05) is 0 Å². The number of rotatable bonds is 2. The van der Waals surface area contributed by atoms with E-state index in [4.69, 9.17) is 5.73 Å². The lowest BCUT2D eigenvalue weighted by molar-refractivity contribution is 0.308. The summed E-state index contributed by atoms with van der Waals surface area (Å²) in [6, 6.07) is 0. The molecule has 62 valence electrons. The van der Waals surface area contributed by atoms with Gasteiger partial charge in [-0.25, -0.2) is 0 Å². The fraction of sp³-hybridized carbons (Fsp3) is 0.800. The van der Waals surface area contributed by atoms with Crippen LogP contribution in [0, 0.1) is 23.7 Å². The van der Waals surface area contributed by atoms with Crippen LogP contribution in [0.2, 0.25) is 0 Å². The molecule has 1 heteroatoms. The van der Waals surface area contributed by atoms with Gasteiger partial charge >= 0.3 is 0 Å². The van der Waals surface area contributed by atoms with Crippen LogP contribution < -0.4 is 5.73 Å². The number of hydrogen-bond acceptors (Lipinski definition) is 1. The van der Waals surface area contributed by atoms with Gasteiger partial charge in [-0.1, -0.05) is 25.5 Å². The van der Waals surface area contributed by atoms with E-state index in [-0.39, 0.29) is 0 Å². The van der Waals surface area contributed by atoms with Crippen molar-refractivity contribution in [3.05, 3.63) is 12.2 Å². The Balaban J connectivity index is 2.15. The summed E-state index contributed by atoms with van der Waals surface area (Å²) >= 11 is 0. The summed E-state index contributed by atoms with van der Waals surface area (Å²) in [4.78, 5) is 0. The molecule has 11 heavy (non-hydrogen) atoms. The lowest BCUT2D eigenvalue weighted by Gasteiger charge is -2.25. The molecule has 1 nitrogen and oxygen atoms in total. The smallest absolute Gasteiger partial charge is 0.00404 e. The van der Waals surface area contributed by atoms with Crippen molar-refractivity contribution in [2.24, 2.45) is 29.4 Å². The van der Waals surface area contributed by atoms with Crippen LogP contribution in [0.25, 0.3) is 0 Å². The Morgan fingerprint density at radius 3 is 2.36 bits per heavy atom. The third kappa shape index (κ3) is 0.943. The van der Waals surface area contributed by atoms with Crippen molar-refractivity contribution in [1.82, 2.24) is 0 Å². The molecule has 0 aromatic heterocycles. The number of allylic oxidation sites excluding steroid dienone is 2. The summed E-state index contributed by atoms with van der Waals surface area (Å²) in [5.74, 6) is 3.40. The Hall–Kier alpha value is -0.300. The van der Waals surface area contributed by atoms with E-state index in [0.717, 1.165) is 30.2 Å². The fourth-order valence-electron chi connectivity index (χ4n) is 2.98. The summed E-state index contributed by atoms with van der Waals surface area (Å²) in [5, 5.41) is 0. The van der Waals surface area contributed by atoms with Gasteiger partial charge in [0.05, 0.1) is 0 Å². The van der Waals surface area contributed by atoms with Gasteiger partial charge in [0.15, 0.2) is 0 Å². The van der Waals surface area contributed by atoms with Gasteiger partial charge in [0.2, 0.25) is 0 Å². The second-order valence-corrected chi connectivity index (χ2v) is 3.92. The molecule has 0 saturated heterocycles. The highest BCUT2D eigenvalue weighted by atomic mass is 14.6. The van der Waals surface area contributed by atoms with Crippen LogP contribution in [-0.2, 0) is 0 Å². The van der Waals surface area contributed by atoms with Gasteiger partial charge in [-0.3, -0.25) is 0 Å². The minimum Gasteiger partial charge on any atom is -0.330 e. The average Bonchev–Trinajstić information content (AvgIpc) is 2.60. The van der Waals surface area contributed by atoms with E-state index in [9.17, 15) is 0 Å². The summed E-state index contributed by atoms with van der Waals surface area (Å²) in [7, 11) is 0. The second kappa shape index (κ2) is 2.63. The minimum absolute atomic E-state index is 0.801. The number of nitrogens with two attached hydrogens (primary N) is 1. The number of fused-ring (bicyclic) bond motifs is 2. The monoisotopic (exact) mass is 151 g/mol. The zero-order chi connectivity index (χ0) is 7.84. The van der Waals surface area contributed by atoms with Crippen LogP contribution in [-0.4, -0.2) is 6.54 Å². The van der Waals surface area contributed by atoms with Crippen LogP contribution in [0.3, 0.4) is 0 Å². The Kier molecular flexibility index (Phi) is 1.76. The minimum atomic E-state index is 0.801. The van der Waals surface area contributed by atoms with E-state index in [0.29, 0.717) is 0 Å². The van der Waals surface area contributed by atoms with Gasteiger partial charge in [-0.15, -0.1) is 0 Å². The molecule has 0 aliphatic heterocycles. The third-order valence-corrected chi connectivity index (χ3v) is 3.54. The molecule has 4 atom stereocenters. The molecule has 0 aromatic carbocycles. The summed E-state index contributed by atoms with van der Waals surface area (Å²) in [6.45, 7) is 3.19. The Bertz CT molecular complexity index is 156. The van der Waals surface area contributed by atoms with Crippen LogP contribution in [0.1, 0.15) is 19.8 Å². The molecule has 0 amide bonds. The predicted octanol–water partition coefficient (Wildman–Crippen LogP) is 1.79. The van der Waals surface area contributed by atoms with Crippen molar-refractivity contribution in [3.63, 3.8) is 0 Å². The molecule has 2 rings (SSSR count). The van der Waals surface area contributed by atoms with Crippen LogP contribution >= 0.6 is 0 Å². The Morgan fingerprint density at radius 2 is 1.91 bits per heavy atom. The lowest BCUT2D eigenvalue weighted by atomic mass is 9.81. The van der Waals surface area contributed by atoms with Gasteiger partial charge in [-0.2, -0.15) is 0 Å². The average molecular weight is 151 g/mol. The first kappa shape index (κ1) is 7.35. The molecule has 1 fully saturated rings. The zero-order valence-electron chi connectivity index (χ0n) is 7.16. The first-order valence-electron chi connectivity index (χ1n) is 4.75. The summed E-state index contributed by atoms with van der Waals surface area (Å²) in [6.07, 6.45) is 7.49. The van der Waals surface area contributed by atoms with E-state index in [1.165, 1.54) is 12.8 Å². The maximum atomic E-state index is 5.75. The first-order chi connectivity index (χ1) is 5.36. The van der Waals surface area contributed by atoms with Gasteiger partial charge in [0.25, 0.3) is 0 Å². The normalized spacial score (nSPS) is 47.1. The molecule has 0 aromatic rings. The lowest BCUT2D eigenvalue weighted by Crippen LogP contribution is -2.26. The molecule has 0 unspecified atom stereocenters. The van der Waals surface area contributed by atoms with E-state index >= 15 is 0 Å². The predicted molar refractivity (Wildman–Crippen MR) is 47.1 cm³/mol. The molecule has 0 spiro atoms. The van der Waals surface area contributed by atoms with Crippen molar-refractivity contribution < 1.29 is 0 Å². The molecule has 0 radical (unpaired) electrons. The maximum absolute atomic E-state index is 5.75. The molecule has 2 aliphatic carbocycles. The van der Waals surface area contributed by atoms with Crippen LogP contribution in [0.5, 0.6) is 0 Å². The molecule has 1 saturated carbocycles.